The van der Waals surface area contributed by atoms with E-state index in [9.17, 15) is 9.59 Å². The smallest absolute Gasteiger partial charge is 0.339 e. The van der Waals surface area contributed by atoms with Crippen molar-refractivity contribution in [2.24, 2.45) is 0 Å². The molecule has 31 heavy (non-hydrogen) atoms. The molecule has 1 aromatic heterocycles. The zero-order valence-corrected chi connectivity index (χ0v) is 17.0. The van der Waals surface area contributed by atoms with Crippen LogP contribution < -0.4 is 10.1 Å². The van der Waals surface area contributed by atoms with Gasteiger partial charge in [0.05, 0.1) is 18.2 Å². The van der Waals surface area contributed by atoms with Gasteiger partial charge < -0.3 is 19.2 Å². The lowest BCUT2D eigenvalue weighted by Gasteiger charge is -2.15. The maximum atomic E-state index is 12.8. The molecule has 156 valence electrons. The summed E-state index contributed by atoms with van der Waals surface area (Å²) >= 11 is 0. The molecule has 3 aromatic carbocycles. The Kier molecular flexibility index (Phi) is 5.66. The molecular formula is C24H20N2O5. The van der Waals surface area contributed by atoms with Gasteiger partial charge in [0.25, 0.3) is 5.91 Å². The van der Waals surface area contributed by atoms with E-state index in [1.165, 1.54) is 6.92 Å². The van der Waals surface area contributed by atoms with Crippen molar-refractivity contribution in [3.8, 4) is 17.2 Å². The van der Waals surface area contributed by atoms with Crippen molar-refractivity contribution in [1.82, 2.24) is 4.98 Å². The Morgan fingerprint density at radius 3 is 2.58 bits per heavy atom. The quantitative estimate of drug-likeness (QED) is 0.459. The number of nitrogens with zero attached hydrogens (tertiary/aromatic N) is 1. The third kappa shape index (κ3) is 4.40. The second-order valence-corrected chi connectivity index (χ2v) is 6.80. The maximum Gasteiger partial charge on any atom is 0.339 e. The third-order valence-electron chi connectivity index (χ3n) is 4.66. The summed E-state index contributed by atoms with van der Waals surface area (Å²) in [6.45, 7) is 1.51. The zero-order valence-electron chi connectivity index (χ0n) is 17.0. The minimum Gasteiger partial charge on any atom is -0.497 e. The van der Waals surface area contributed by atoms with E-state index in [1.807, 2.05) is 18.2 Å². The summed E-state index contributed by atoms with van der Waals surface area (Å²) < 4.78 is 16.3. The second-order valence-electron chi connectivity index (χ2n) is 6.80. The molecule has 0 saturated carbocycles. The van der Waals surface area contributed by atoms with Crippen molar-refractivity contribution < 1.29 is 23.5 Å². The zero-order chi connectivity index (χ0) is 21.8. The number of anilines is 1. The fourth-order valence-corrected chi connectivity index (χ4v) is 3.06. The molecule has 4 rings (SSSR count). The number of aromatic nitrogens is 1. The molecule has 1 heterocycles. The first-order valence-electron chi connectivity index (χ1n) is 9.66. The molecule has 0 aliphatic rings. The molecule has 0 aliphatic heterocycles. The van der Waals surface area contributed by atoms with E-state index in [4.69, 9.17) is 13.9 Å². The predicted octanol–water partition coefficient (Wildman–Crippen LogP) is 4.69. The lowest BCUT2D eigenvalue weighted by atomic mass is 10.1. The number of oxazole rings is 1. The van der Waals surface area contributed by atoms with Crippen LogP contribution in [-0.2, 0) is 9.53 Å². The molecule has 0 aliphatic carbocycles. The number of rotatable bonds is 6. The van der Waals surface area contributed by atoms with Crippen molar-refractivity contribution in [3.63, 3.8) is 0 Å². The minimum absolute atomic E-state index is 0.259. The van der Waals surface area contributed by atoms with Gasteiger partial charge in [-0.05, 0) is 43.3 Å². The molecule has 7 nitrogen and oxygen atoms in total. The van der Waals surface area contributed by atoms with E-state index in [2.05, 4.69) is 10.3 Å². The Balaban J connectivity index is 1.51. The number of nitrogens with one attached hydrogen (secondary N) is 1. The highest BCUT2D eigenvalue weighted by atomic mass is 16.5. The molecule has 0 spiro atoms. The van der Waals surface area contributed by atoms with Crippen molar-refractivity contribution in [2.45, 2.75) is 13.0 Å². The van der Waals surface area contributed by atoms with Crippen LogP contribution in [0.1, 0.15) is 17.3 Å². The third-order valence-corrected chi connectivity index (χ3v) is 4.66. The van der Waals surface area contributed by atoms with Crippen molar-refractivity contribution in [3.05, 3.63) is 78.4 Å². The second kappa shape index (κ2) is 8.71. The largest absolute Gasteiger partial charge is 0.497 e. The van der Waals surface area contributed by atoms with Crippen LogP contribution in [0, 0.1) is 0 Å². The molecular weight excluding hydrogens is 396 g/mol. The number of para-hydroxylation sites is 2. The molecule has 0 radical (unpaired) electrons. The van der Waals surface area contributed by atoms with Crippen LogP contribution in [0.4, 0.5) is 5.69 Å². The number of carbonyl (C=O) groups excluding carboxylic acids is 2. The molecule has 7 heteroatoms. The van der Waals surface area contributed by atoms with Crippen LogP contribution in [0.25, 0.3) is 22.6 Å². The molecule has 4 aromatic rings. The summed E-state index contributed by atoms with van der Waals surface area (Å²) in [6, 6.07) is 21.1. The van der Waals surface area contributed by atoms with Crippen LogP contribution in [0.5, 0.6) is 5.75 Å². The van der Waals surface area contributed by atoms with E-state index < -0.39 is 18.0 Å². The highest BCUT2D eigenvalue weighted by Gasteiger charge is 2.23. The number of benzene rings is 3. The molecule has 0 bridgehead atoms. The monoisotopic (exact) mass is 416 g/mol. The minimum atomic E-state index is -1.02. The number of amides is 1. The summed E-state index contributed by atoms with van der Waals surface area (Å²) in [6.07, 6.45) is -1.02. The number of fused-ring (bicyclic) bond motifs is 1. The van der Waals surface area contributed by atoms with Gasteiger partial charge in [-0.25, -0.2) is 9.78 Å². The molecule has 1 atom stereocenters. The van der Waals surface area contributed by atoms with Crippen molar-refractivity contribution >= 4 is 28.7 Å². The number of esters is 1. The van der Waals surface area contributed by atoms with Gasteiger partial charge in [0.15, 0.2) is 11.7 Å². The van der Waals surface area contributed by atoms with Crippen LogP contribution in [0.15, 0.2) is 77.2 Å². The van der Waals surface area contributed by atoms with Crippen LogP contribution >= 0.6 is 0 Å². The highest BCUT2D eigenvalue weighted by molar-refractivity contribution is 6.00. The van der Waals surface area contributed by atoms with Crippen LogP contribution in [-0.4, -0.2) is 30.1 Å². The normalized spacial score (nSPS) is 11.7. The molecule has 1 unspecified atom stereocenters. The Hall–Kier alpha value is -4.13. The van der Waals surface area contributed by atoms with Gasteiger partial charge >= 0.3 is 5.97 Å². The topological polar surface area (TPSA) is 90.7 Å². The Labute approximate surface area is 178 Å². The first kappa shape index (κ1) is 20.2. The molecule has 1 N–H and O–H groups in total. The summed E-state index contributed by atoms with van der Waals surface area (Å²) in [5, 5.41) is 2.71. The van der Waals surface area contributed by atoms with Gasteiger partial charge in [0.1, 0.15) is 11.3 Å². The first-order chi connectivity index (χ1) is 15.0. The number of methoxy groups -OCH3 is 1. The summed E-state index contributed by atoms with van der Waals surface area (Å²) in [4.78, 5) is 29.8. The van der Waals surface area contributed by atoms with Gasteiger partial charge in [0, 0.05) is 11.8 Å². The predicted molar refractivity (Wildman–Crippen MR) is 116 cm³/mol. The SMILES string of the molecule is COc1cccc(NC(=O)C(C)OC(=O)c2ccccc2-c2nc3ccccc3o2)c1. The van der Waals surface area contributed by atoms with Gasteiger partial charge in [-0.1, -0.05) is 30.3 Å². The van der Waals surface area contributed by atoms with Crippen LogP contribution in [0.3, 0.4) is 0 Å². The maximum absolute atomic E-state index is 12.8. The van der Waals surface area contributed by atoms with Gasteiger partial charge in [0.2, 0.25) is 5.89 Å². The standard InChI is InChI=1S/C24H20N2O5/c1-15(22(27)25-16-8-7-9-17(14-16)29-2)30-24(28)19-11-4-3-10-18(19)23-26-20-12-5-6-13-21(20)31-23/h3-15H,1-2H3,(H,25,27). The number of hydrogen-bond acceptors (Lipinski definition) is 6. The fraction of sp³-hybridized carbons (Fsp3) is 0.125. The molecule has 0 fully saturated rings. The lowest BCUT2D eigenvalue weighted by Crippen LogP contribution is -2.30. The molecule has 1 amide bonds. The van der Waals surface area contributed by atoms with E-state index in [-0.39, 0.29) is 5.56 Å². The average molecular weight is 416 g/mol. The van der Waals surface area contributed by atoms with E-state index >= 15 is 0 Å². The van der Waals surface area contributed by atoms with E-state index in [1.54, 1.807) is 61.7 Å². The summed E-state index contributed by atoms with van der Waals surface area (Å²) in [5.41, 5.74) is 2.59. The number of carbonyl (C=O) groups is 2. The first-order valence-corrected chi connectivity index (χ1v) is 9.66. The van der Waals surface area contributed by atoms with Gasteiger partial charge in [-0.3, -0.25) is 4.79 Å². The van der Waals surface area contributed by atoms with E-state index in [0.717, 1.165) is 0 Å². The Morgan fingerprint density at radius 2 is 1.77 bits per heavy atom. The summed E-state index contributed by atoms with van der Waals surface area (Å²) in [7, 11) is 1.54. The molecule has 0 saturated heterocycles. The lowest BCUT2D eigenvalue weighted by molar-refractivity contribution is -0.123. The number of hydrogen-bond donors (Lipinski definition) is 1. The average Bonchev–Trinajstić information content (AvgIpc) is 3.23. The Bertz CT molecular complexity index is 1210. The van der Waals surface area contributed by atoms with Crippen molar-refractivity contribution in [1.29, 1.82) is 0 Å². The summed E-state index contributed by atoms with van der Waals surface area (Å²) in [5.74, 6) is -0.191. The van der Waals surface area contributed by atoms with Crippen LogP contribution in [0.2, 0.25) is 0 Å². The van der Waals surface area contributed by atoms with E-state index in [0.29, 0.717) is 34.0 Å². The fourth-order valence-electron chi connectivity index (χ4n) is 3.06. The Morgan fingerprint density at radius 1 is 1.00 bits per heavy atom. The number of ether oxygens (including phenoxy) is 2. The van der Waals surface area contributed by atoms with Crippen molar-refractivity contribution in [2.75, 3.05) is 12.4 Å². The van der Waals surface area contributed by atoms with Gasteiger partial charge in [-0.15, -0.1) is 0 Å². The van der Waals surface area contributed by atoms with Gasteiger partial charge in [-0.2, -0.15) is 0 Å². The highest BCUT2D eigenvalue weighted by Crippen LogP contribution is 2.27.